The molecule has 2 aliphatic heterocycles. The Morgan fingerprint density at radius 2 is 1.66 bits per heavy atom. The second-order valence-corrected chi connectivity index (χ2v) is 7.34. The minimum Gasteiger partial charge on any atom is -0.336 e. The zero-order chi connectivity index (χ0) is 20.1. The number of hydrogen-bond acceptors (Lipinski definition) is 3. The summed E-state index contributed by atoms with van der Waals surface area (Å²) < 4.78 is 0. The monoisotopic (exact) mass is 390 g/mol. The predicted octanol–water partition coefficient (Wildman–Crippen LogP) is 2.69. The van der Waals surface area contributed by atoms with Crippen molar-refractivity contribution in [2.75, 3.05) is 50.7 Å². The molecule has 4 rings (SSSR count). The summed E-state index contributed by atoms with van der Waals surface area (Å²) >= 11 is 0. The molecule has 2 aromatic carbocycles. The highest BCUT2D eigenvalue weighted by Gasteiger charge is 2.23. The molecule has 3 amide bonds. The van der Waals surface area contributed by atoms with E-state index in [2.05, 4.69) is 34.5 Å². The number of nitrogens with one attached hydrogen (secondary N) is 1. The lowest BCUT2D eigenvalue weighted by Crippen LogP contribution is -2.48. The van der Waals surface area contributed by atoms with Crippen LogP contribution in [0.4, 0.5) is 10.5 Å². The van der Waals surface area contributed by atoms with Crippen LogP contribution >= 0.6 is 0 Å². The number of nitrogens with zero attached hydrogens (tertiary/aromatic N) is 3. The van der Waals surface area contributed by atoms with E-state index in [1.807, 2.05) is 47.4 Å². The van der Waals surface area contributed by atoms with Crippen molar-refractivity contribution in [3.8, 4) is 0 Å². The Morgan fingerprint density at radius 3 is 2.31 bits per heavy atom. The Bertz CT molecular complexity index is 872. The summed E-state index contributed by atoms with van der Waals surface area (Å²) in [5.41, 5.74) is 2.70. The van der Waals surface area contributed by atoms with Crippen molar-refractivity contribution in [3.05, 3.63) is 71.8 Å². The molecule has 2 aliphatic rings. The van der Waals surface area contributed by atoms with Gasteiger partial charge in [-0.15, -0.1) is 0 Å². The van der Waals surface area contributed by atoms with Crippen molar-refractivity contribution in [3.63, 3.8) is 0 Å². The van der Waals surface area contributed by atoms with Crippen LogP contribution in [0.15, 0.2) is 60.7 Å². The van der Waals surface area contributed by atoms with E-state index in [0.29, 0.717) is 18.7 Å². The summed E-state index contributed by atoms with van der Waals surface area (Å²) in [5, 5.41) is 2.79. The lowest BCUT2D eigenvalue weighted by Gasteiger charge is -2.34. The molecule has 0 unspecified atom stereocenters. The first-order chi connectivity index (χ1) is 14.2. The summed E-state index contributed by atoms with van der Waals surface area (Å²) in [5.74, 6) is 0.0573. The molecule has 1 N–H and O–H groups in total. The number of piperazine rings is 1. The average molecular weight is 390 g/mol. The highest BCUT2D eigenvalue weighted by molar-refractivity contribution is 5.97. The van der Waals surface area contributed by atoms with Gasteiger partial charge < -0.3 is 10.2 Å². The number of urea groups is 1. The van der Waals surface area contributed by atoms with Crippen molar-refractivity contribution in [1.29, 1.82) is 0 Å². The molecule has 0 radical (unpaired) electrons. The number of carbonyl (C=O) groups excluding carboxylic acids is 2. The van der Waals surface area contributed by atoms with Crippen LogP contribution in [0.1, 0.15) is 15.9 Å². The topological polar surface area (TPSA) is 55.9 Å². The molecule has 6 heteroatoms. The van der Waals surface area contributed by atoms with E-state index < -0.39 is 0 Å². The van der Waals surface area contributed by atoms with Gasteiger partial charge in [0.05, 0.1) is 0 Å². The Kier molecular flexibility index (Phi) is 5.91. The van der Waals surface area contributed by atoms with Crippen LogP contribution in [0, 0.1) is 0 Å². The maximum absolute atomic E-state index is 12.8. The smallest absolute Gasteiger partial charge is 0.321 e. The fraction of sp³-hybridized carbons (Fsp3) is 0.304. The highest BCUT2D eigenvalue weighted by atomic mass is 16.2. The fourth-order valence-corrected chi connectivity index (χ4v) is 3.72. The van der Waals surface area contributed by atoms with Gasteiger partial charge in [0.2, 0.25) is 0 Å². The van der Waals surface area contributed by atoms with Crippen molar-refractivity contribution in [1.82, 2.24) is 15.1 Å². The van der Waals surface area contributed by atoms with Gasteiger partial charge in [-0.2, -0.15) is 0 Å². The second kappa shape index (κ2) is 8.92. The normalized spacial score (nSPS) is 17.7. The number of rotatable bonds is 5. The summed E-state index contributed by atoms with van der Waals surface area (Å²) in [6, 6.07) is 17.5. The van der Waals surface area contributed by atoms with Crippen LogP contribution in [-0.2, 0) is 0 Å². The molecule has 0 atom stereocenters. The van der Waals surface area contributed by atoms with Gasteiger partial charge in [0.15, 0.2) is 0 Å². The molecule has 2 heterocycles. The van der Waals surface area contributed by atoms with Crippen LogP contribution in [0.5, 0.6) is 0 Å². The third-order valence-corrected chi connectivity index (χ3v) is 5.42. The Hall–Kier alpha value is -3.12. The molecular weight excluding hydrogens is 364 g/mol. The van der Waals surface area contributed by atoms with E-state index in [4.69, 9.17) is 0 Å². The number of anilines is 1. The third-order valence-electron chi connectivity index (χ3n) is 5.42. The van der Waals surface area contributed by atoms with Crippen LogP contribution in [0.25, 0.3) is 6.08 Å². The molecule has 6 nitrogen and oxygen atoms in total. The maximum Gasteiger partial charge on any atom is 0.321 e. The molecule has 0 saturated carbocycles. The van der Waals surface area contributed by atoms with Gasteiger partial charge in [0, 0.05) is 57.1 Å². The molecule has 2 aromatic rings. The van der Waals surface area contributed by atoms with E-state index in [0.717, 1.165) is 38.4 Å². The van der Waals surface area contributed by atoms with Crippen LogP contribution in [-0.4, -0.2) is 67.6 Å². The fourth-order valence-electron chi connectivity index (χ4n) is 3.72. The zero-order valence-corrected chi connectivity index (χ0v) is 16.5. The summed E-state index contributed by atoms with van der Waals surface area (Å²) in [6.07, 6.45) is 4.32. The molecule has 29 heavy (non-hydrogen) atoms. The van der Waals surface area contributed by atoms with Gasteiger partial charge in [-0.3, -0.25) is 14.6 Å². The maximum atomic E-state index is 12.8. The number of amides is 3. The van der Waals surface area contributed by atoms with Gasteiger partial charge in [0.25, 0.3) is 5.91 Å². The van der Waals surface area contributed by atoms with Gasteiger partial charge in [0.1, 0.15) is 0 Å². The summed E-state index contributed by atoms with van der Waals surface area (Å²) in [4.78, 5) is 30.5. The SMILES string of the molecule is O=C(c1ccc(N2CCNC2=O)cc1)N1CCN(C/C=C/c2ccccc2)CC1. The minimum absolute atomic E-state index is 0.0573. The Labute approximate surface area is 171 Å². The molecule has 0 aliphatic carbocycles. The molecular formula is C23H26N4O2. The van der Waals surface area contributed by atoms with Gasteiger partial charge >= 0.3 is 6.03 Å². The quantitative estimate of drug-likeness (QED) is 0.854. The standard InChI is InChI=1S/C23H26N4O2/c28-22(20-8-10-21(11-9-20)27-14-12-24-23(27)29)26-17-15-25(16-18-26)13-4-7-19-5-2-1-3-6-19/h1-11H,12-18H2,(H,24,29)/b7-4+. The summed E-state index contributed by atoms with van der Waals surface area (Å²) in [6.45, 7) is 5.41. The number of carbonyl (C=O) groups is 2. The Morgan fingerprint density at radius 1 is 0.931 bits per heavy atom. The largest absolute Gasteiger partial charge is 0.336 e. The molecule has 0 spiro atoms. The van der Waals surface area contributed by atoms with Crippen LogP contribution in [0.3, 0.4) is 0 Å². The van der Waals surface area contributed by atoms with Crippen LogP contribution < -0.4 is 10.2 Å². The van der Waals surface area contributed by atoms with E-state index in [1.165, 1.54) is 5.56 Å². The minimum atomic E-state index is -0.0819. The predicted molar refractivity (Wildman–Crippen MR) is 115 cm³/mol. The van der Waals surface area contributed by atoms with Crippen molar-refractivity contribution < 1.29 is 9.59 Å². The first-order valence-corrected chi connectivity index (χ1v) is 10.1. The third kappa shape index (κ3) is 4.66. The molecule has 2 fully saturated rings. The van der Waals surface area contributed by atoms with Gasteiger partial charge in [-0.1, -0.05) is 42.5 Å². The van der Waals surface area contributed by atoms with Gasteiger partial charge in [-0.25, -0.2) is 4.79 Å². The molecule has 150 valence electrons. The van der Waals surface area contributed by atoms with E-state index in [-0.39, 0.29) is 11.9 Å². The first-order valence-electron chi connectivity index (χ1n) is 10.1. The highest BCUT2D eigenvalue weighted by Crippen LogP contribution is 2.18. The van der Waals surface area contributed by atoms with E-state index >= 15 is 0 Å². The van der Waals surface area contributed by atoms with Crippen molar-refractivity contribution in [2.45, 2.75) is 0 Å². The lowest BCUT2D eigenvalue weighted by atomic mass is 10.1. The Balaban J connectivity index is 1.27. The van der Waals surface area contributed by atoms with Gasteiger partial charge in [-0.05, 0) is 29.8 Å². The lowest BCUT2D eigenvalue weighted by molar-refractivity contribution is 0.0650. The van der Waals surface area contributed by atoms with E-state index in [9.17, 15) is 9.59 Å². The molecule has 0 bridgehead atoms. The summed E-state index contributed by atoms with van der Waals surface area (Å²) in [7, 11) is 0. The van der Waals surface area contributed by atoms with Crippen molar-refractivity contribution >= 4 is 23.7 Å². The molecule has 0 aromatic heterocycles. The average Bonchev–Trinajstić information content (AvgIpc) is 3.20. The zero-order valence-electron chi connectivity index (χ0n) is 16.5. The van der Waals surface area contributed by atoms with Crippen molar-refractivity contribution in [2.24, 2.45) is 0 Å². The van der Waals surface area contributed by atoms with E-state index in [1.54, 1.807) is 4.90 Å². The number of hydrogen-bond donors (Lipinski definition) is 1. The molecule has 2 saturated heterocycles. The van der Waals surface area contributed by atoms with Crippen LogP contribution in [0.2, 0.25) is 0 Å². The second-order valence-electron chi connectivity index (χ2n) is 7.34. The first kappa shape index (κ1) is 19.2. The number of benzene rings is 2.